The number of hydrogen-bond donors (Lipinski definition) is 2. The number of esters is 1. The van der Waals surface area contributed by atoms with Crippen LogP contribution in [0.5, 0.6) is 0 Å². The Labute approximate surface area is 149 Å². The van der Waals surface area contributed by atoms with Crippen molar-refractivity contribution < 1.29 is 9.53 Å². The zero-order valence-corrected chi connectivity index (χ0v) is 16.0. The fourth-order valence-corrected chi connectivity index (χ4v) is 1.95. The Morgan fingerprint density at radius 3 is 2.68 bits per heavy atom. The molecule has 1 unspecified atom stereocenters. The van der Waals surface area contributed by atoms with Gasteiger partial charge in [-0.15, -0.1) is 24.0 Å². The van der Waals surface area contributed by atoms with Crippen LogP contribution in [0.25, 0.3) is 0 Å². The molecule has 0 fully saturated rings. The summed E-state index contributed by atoms with van der Waals surface area (Å²) in [6.07, 6.45) is 0.324. The second-order valence-corrected chi connectivity index (χ2v) is 5.02. The zero-order chi connectivity index (χ0) is 15.7. The van der Waals surface area contributed by atoms with Crippen LogP contribution >= 0.6 is 24.0 Å². The van der Waals surface area contributed by atoms with Crippen molar-refractivity contribution in [1.82, 2.24) is 10.6 Å². The lowest BCUT2D eigenvalue weighted by Gasteiger charge is -2.16. The minimum absolute atomic E-state index is 0. The lowest BCUT2D eigenvalue weighted by atomic mass is 9.99. The molecular weight excluding hydrogens is 393 g/mol. The first kappa shape index (κ1) is 20.7. The van der Waals surface area contributed by atoms with Gasteiger partial charge in [-0.05, 0) is 18.4 Å². The van der Waals surface area contributed by atoms with E-state index in [1.165, 1.54) is 18.2 Å². The van der Waals surface area contributed by atoms with Crippen LogP contribution in [-0.2, 0) is 9.53 Å². The number of ether oxygens (including phenoxy) is 1. The highest BCUT2D eigenvalue weighted by Crippen LogP contribution is 2.15. The number of carbonyl (C=O) groups excluding carboxylic acids is 1. The van der Waals surface area contributed by atoms with Crippen LogP contribution in [0.2, 0.25) is 0 Å². The Hall–Kier alpha value is -1.31. The maximum atomic E-state index is 11.0. The van der Waals surface area contributed by atoms with E-state index in [1.807, 2.05) is 0 Å². The van der Waals surface area contributed by atoms with Crippen molar-refractivity contribution in [3.8, 4) is 0 Å². The summed E-state index contributed by atoms with van der Waals surface area (Å²) in [4.78, 5) is 15.2. The molecular formula is C16H26IN3O2. The van der Waals surface area contributed by atoms with Gasteiger partial charge in [0.05, 0.1) is 13.5 Å². The summed E-state index contributed by atoms with van der Waals surface area (Å²) in [6, 6.07) is 8.49. The molecule has 1 aromatic carbocycles. The molecule has 6 heteroatoms. The maximum Gasteiger partial charge on any atom is 0.307 e. The normalized spacial score (nSPS) is 12.1. The van der Waals surface area contributed by atoms with E-state index < -0.39 is 0 Å². The fourth-order valence-electron chi connectivity index (χ4n) is 1.95. The number of guanidine groups is 1. The summed E-state index contributed by atoms with van der Waals surface area (Å²) < 4.78 is 4.59. The predicted octanol–water partition coefficient (Wildman–Crippen LogP) is 2.44. The number of aliphatic imine (C=N–C) groups is 1. The maximum absolute atomic E-state index is 11.0. The van der Waals surface area contributed by atoms with Gasteiger partial charge in [0.1, 0.15) is 0 Å². The average molecular weight is 419 g/mol. The number of carbonyl (C=O) groups is 1. The van der Waals surface area contributed by atoms with Crippen LogP contribution in [0, 0.1) is 6.92 Å². The second-order valence-electron chi connectivity index (χ2n) is 5.02. The van der Waals surface area contributed by atoms with Crippen LogP contribution < -0.4 is 10.6 Å². The quantitative estimate of drug-likeness (QED) is 0.322. The molecule has 0 aliphatic heterocycles. The number of methoxy groups -OCH3 is 1. The second kappa shape index (κ2) is 11.3. The van der Waals surface area contributed by atoms with Crippen LogP contribution in [0.4, 0.5) is 0 Å². The molecule has 0 spiro atoms. The molecule has 0 saturated heterocycles. The highest BCUT2D eigenvalue weighted by Gasteiger charge is 2.07. The summed E-state index contributed by atoms with van der Waals surface area (Å²) in [6.45, 7) is 5.55. The van der Waals surface area contributed by atoms with Gasteiger partial charge in [0.2, 0.25) is 0 Å². The Bertz CT molecular complexity index is 492. The first-order valence-electron chi connectivity index (χ1n) is 7.14. The van der Waals surface area contributed by atoms with E-state index in [0.29, 0.717) is 24.8 Å². The number of nitrogens with one attached hydrogen (secondary N) is 2. The Morgan fingerprint density at radius 2 is 2.09 bits per heavy atom. The predicted molar refractivity (Wildman–Crippen MR) is 101 cm³/mol. The molecule has 1 rings (SSSR count). The molecule has 0 saturated carbocycles. The van der Waals surface area contributed by atoms with Gasteiger partial charge < -0.3 is 15.4 Å². The van der Waals surface area contributed by atoms with Gasteiger partial charge in [-0.2, -0.15) is 0 Å². The third-order valence-corrected chi connectivity index (χ3v) is 3.26. The van der Waals surface area contributed by atoms with Crippen LogP contribution in [0.1, 0.15) is 30.4 Å². The van der Waals surface area contributed by atoms with Gasteiger partial charge in [0.15, 0.2) is 5.96 Å². The van der Waals surface area contributed by atoms with E-state index in [4.69, 9.17) is 0 Å². The minimum Gasteiger partial charge on any atom is -0.469 e. The lowest BCUT2D eigenvalue weighted by Crippen LogP contribution is -2.40. The third-order valence-electron chi connectivity index (χ3n) is 3.26. The summed E-state index contributed by atoms with van der Waals surface area (Å²) in [5.41, 5.74) is 2.56. The largest absolute Gasteiger partial charge is 0.469 e. The van der Waals surface area contributed by atoms with Crippen molar-refractivity contribution in [3.63, 3.8) is 0 Å². The number of rotatable bonds is 6. The van der Waals surface area contributed by atoms with Crippen molar-refractivity contribution in [3.05, 3.63) is 35.4 Å². The van der Waals surface area contributed by atoms with Crippen LogP contribution in [0.15, 0.2) is 29.3 Å². The summed E-state index contributed by atoms with van der Waals surface area (Å²) in [5, 5.41) is 6.36. The Balaban J connectivity index is 0.00000441. The molecule has 5 nitrogen and oxygen atoms in total. The molecule has 0 heterocycles. The van der Waals surface area contributed by atoms with E-state index in [-0.39, 0.29) is 29.9 Å². The Kier molecular flexibility index (Phi) is 10.6. The van der Waals surface area contributed by atoms with E-state index in [0.717, 1.165) is 6.54 Å². The molecule has 0 radical (unpaired) electrons. The zero-order valence-electron chi connectivity index (χ0n) is 13.7. The van der Waals surface area contributed by atoms with Gasteiger partial charge in [-0.25, -0.2) is 0 Å². The van der Waals surface area contributed by atoms with Crippen molar-refractivity contribution in [2.24, 2.45) is 4.99 Å². The molecule has 0 bridgehead atoms. The number of aryl methyl sites for hydroxylation is 1. The lowest BCUT2D eigenvalue weighted by molar-refractivity contribution is -0.140. The summed E-state index contributed by atoms with van der Waals surface area (Å²) in [7, 11) is 3.10. The van der Waals surface area contributed by atoms with Gasteiger partial charge >= 0.3 is 5.97 Å². The summed E-state index contributed by atoms with van der Waals surface area (Å²) in [5.74, 6) is 0.841. The highest BCUT2D eigenvalue weighted by atomic mass is 127. The number of hydrogen-bond acceptors (Lipinski definition) is 3. The van der Waals surface area contributed by atoms with E-state index >= 15 is 0 Å². The fraction of sp³-hybridized carbons (Fsp3) is 0.500. The van der Waals surface area contributed by atoms with Crippen molar-refractivity contribution >= 4 is 35.9 Å². The molecule has 22 heavy (non-hydrogen) atoms. The molecule has 0 aliphatic rings. The average Bonchev–Trinajstić information content (AvgIpc) is 2.49. The van der Waals surface area contributed by atoms with Crippen molar-refractivity contribution in [2.45, 2.75) is 26.2 Å². The molecule has 0 amide bonds. The molecule has 0 aliphatic carbocycles. The van der Waals surface area contributed by atoms with Gasteiger partial charge in [-0.3, -0.25) is 9.79 Å². The molecule has 2 N–H and O–H groups in total. The number of nitrogens with zero attached hydrogens (tertiary/aromatic N) is 1. The molecule has 1 atom stereocenters. The summed E-state index contributed by atoms with van der Waals surface area (Å²) >= 11 is 0. The molecule has 0 aromatic heterocycles. The van der Waals surface area contributed by atoms with Gasteiger partial charge in [0.25, 0.3) is 0 Å². The third kappa shape index (κ3) is 7.63. The van der Waals surface area contributed by atoms with Crippen molar-refractivity contribution in [1.29, 1.82) is 0 Å². The molecule has 124 valence electrons. The van der Waals surface area contributed by atoms with Crippen LogP contribution in [0.3, 0.4) is 0 Å². The van der Waals surface area contributed by atoms with E-state index in [9.17, 15) is 4.79 Å². The van der Waals surface area contributed by atoms with E-state index in [2.05, 4.69) is 58.5 Å². The highest BCUT2D eigenvalue weighted by molar-refractivity contribution is 14.0. The van der Waals surface area contributed by atoms with E-state index in [1.54, 1.807) is 7.05 Å². The minimum atomic E-state index is -0.230. The number of halogens is 1. The van der Waals surface area contributed by atoms with Crippen LogP contribution in [-0.4, -0.2) is 39.2 Å². The van der Waals surface area contributed by atoms with Gasteiger partial charge in [-0.1, -0.05) is 36.8 Å². The SMILES string of the molecule is CN=C(NCCC(=O)OC)NCC(C)c1cccc(C)c1.I. The monoisotopic (exact) mass is 419 g/mol. The standard InChI is InChI=1S/C16H25N3O2.HI/c1-12-6-5-7-14(10-12)13(2)11-19-16(17-3)18-9-8-15(20)21-4;/h5-7,10,13H,8-9,11H2,1-4H3,(H2,17,18,19);1H. The van der Waals surface area contributed by atoms with Gasteiger partial charge in [0, 0.05) is 20.1 Å². The topological polar surface area (TPSA) is 62.7 Å². The first-order chi connectivity index (χ1) is 10.1. The molecule has 1 aromatic rings. The Morgan fingerprint density at radius 1 is 1.36 bits per heavy atom. The van der Waals surface area contributed by atoms with Crippen molar-refractivity contribution in [2.75, 3.05) is 27.2 Å². The number of benzene rings is 1. The smallest absolute Gasteiger partial charge is 0.307 e. The first-order valence-corrected chi connectivity index (χ1v) is 7.14.